The molecule has 37 heavy (non-hydrogen) atoms. The number of benzene rings is 1. The van der Waals surface area contributed by atoms with Crippen LogP contribution >= 0.6 is 0 Å². The lowest BCUT2D eigenvalue weighted by molar-refractivity contribution is -0.123. The Bertz CT molecular complexity index is 1080. The lowest BCUT2D eigenvalue weighted by Gasteiger charge is -2.25. The average molecular weight is 536 g/mol. The second-order valence-electron chi connectivity index (χ2n) is 8.97. The van der Waals surface area contributed by atoms with Crippen molar-refractivity contribution in [1.29, 1.82) is 0 Å². The third-order valence-corrected chi connectivity index (χ3v) is 6.37. The van der Waals surface area contributed by atoms with Crippen LogP contribution in [-0.4, -0.2) is 60.1 Å². The van der Waals surface area contributed by atoms with Crippen LogP contribution < -0.4 is 9.62 Å². The van der Waals surface area contributed by atoms with Crippen molar-refractivity contribution in [3.63, 3.8) is 0 Å². The largest absolute Gasteiger partial charge is 0.755 e. The average Bonchev–Trinajstić information content (AvgIpc) is 2.83. The number of aromatic nitrogens is 2. The third kappa shape index (κ3) is 9.26. The molecule has 3 atom stereocenters. The van der Waals surface area contributed by atoms with E-state index in [0.717, 1.165) is 17.1 Å². The number of nitrogens with zero attached hydrogens (tertiary/aromatic N) is 3. The van der Waals surface area contributed by atoms with Crippen LogP contribution in [0.4, 0.5) is 10.3 Å². The predicted molar refractivity (Wildman–Crippen MR) is 142 cm³/mol. The normalized spacial score (nSPS) is 14.1. The summed E-state index contributed by atoms with van der Waals surface area (Å²) in [6, 6.07) is 5.62. The SMILES string of the molecule is CCCCNC(=O)C[C@H](O)C[C@H](O)C=Cc1c(-c2ccc(F)cc2)nc(N(CC)S(=O)[O-])nc1C(C)C. The van der Waals surface area contributed by atoms with Crippen LogP contribution in [0.2, 0.25) is 0 Å². The Kier molecular flexibility index (Phi) is 12.3. The lowest BCUT2D eigenvalue weighted by Crippen LogP contribution is -2.29. The van der Waals surface area contributed by atoms with E-state index in [0.29, 0.717) is 29.1 Å². The van der Waals surface area contributed by atoms with Gasteiger partial charge in [0.2, 0.25) is 11.9 Å². The van der Waals surface area contributed by atoms with Gasteiger partial charge in [0.15, 0.2) is 0 Å². The van der Waals surface area contributed by atoms with Gasteiger partial charge in [0.05, 0.1) is 30.0 Å². The molecule has 1 unspecified atom stereocenters. The molecule has 0 spiro atoms. The molecule has 9 nitrogen and oxygen atoms in total. The van der Waals surface area contributed by atoms with E-state index < -0.39 is 29.3 Å². The molecule has 0 fully saturated rings. The van der Waals surface area contributed by atoms with Gasteiger partial charge in [-0.1, -0.05) is 39.3 Å². The summed E-state index contributed by atoms with van der Waals surface area (Å²) in [5.41, 5.74) is 1.98. The van der Waals surface area contributed by atoms with E-state index in [4.69, 9.17) is 0 Å². The molecule has 0 aliphatic rings. The molecule has 1 amide bonds. The van der Waals surface area contributed by atoms with Crippen molar-refractivity contribution in [3.05, 3.63) is 47.4 Å². The number of hydrogen-bond acceptors (Lipinski definition) is 7. The first-order chi connectivity index (χ1) is 17.6. The number of amides is 1. The van der Waals surface area contributed by atoms with Gasteiger partial charge in [-0.25, -0.2) is 14.4 Å². The monoisotopic (exact) mass is 535 g/mol. The summed E-state index contributed by atoms with van der Waals surface area (Å²) < 4.78 is 38.1. The molecule has 0 radical (unpaired) electrons. The highest BCUT2D eigenvalue weighted by molar-refractivity contribution is 7.80. The summed E-state index contributed by atoms with van der Waals surface area (Å²) in [7, 11) is 0. The van der Waals surface area contributed by atoms with Crippen molar-refractivity contribution in [3.8, 4) is 11.3 Å². The van der Waals surface area contributed by atoms with Gasteiger partial charge in [0.25, 0.3) is 0 Å². The molecule has 204 valence electrons. The number of carbonyl (C=O) groups excluding carboxylic acids is 1. The van der Waals surface area contributed by atoms with Gasteiger partial charge in [0, 0.05) is 41.9 Å². The van der Waals surface area contributed by atoms with E-state index in [2.05, 4.69) is 15.3 Å². The van der Waals surface area contributed by atoms with Gasteiger partial charge in [-0.15, -0.1) is 0 Å². The molecule has 3 N–H and O–H groups in total. The van der Waals surface area contributed by atoms with Crippen LogP contribution in [0.3, 0.4) is 0 Å². The Morgan fingerprint density at radius 1 is 1.22 bits per heavy atom. The number of aliphatic hydroxyl groups excluding tert-OH is 2. The molecule has 0 saturated carbocycles. The first-order valence-electron chi connectivity index (χ1n) is 12.4. The van der Waals surface area contributed by atoms with E-state index >= 15 is 0 Å². The summed E-state index contributed by atoms with van der Waals surface area (Å²) in [6.45, 7) is 8.11. The second kappa shape index (κ2) is 14.9. The minimum atomic E-state index is -2.60. The zero-order chi connectivity index (χ0) is 27.5. The first-order valence-corrected chi connectivity index (χ1v) is 13.5. The number of unbranched alkanes of at least 4 members (excludes halogenated alkanes) is 1. The Balaban J connectivity index is 2.39. The maximum Gasteiger partial charge on any atom is 0.237 e. The summed E-state index contributed by atoms with van der Waals surface area (Å²) in [6.07, 6.45) is 2.60. The highest BCUT2D eigenvalue weighted by Gasteiger charge is 2.21. The second-order valence-corrected chi connectivity index (χ2v) is 9.84. The lowest BCUT2D eigenvalue weighted by atomic mass is 9.97. The Labute approximate surface area is 220 Å². The smallest absolute Gasteiger partial charge is 0.237 e. The van der Waals surface area contributed by atoms with E-state index in [1.165, 1.54) is 30.3 Å². The van der Waals surface area contributed by atoms with E-state index in [9.17, 15) is 28.2 Å². The van der Waals surface area contributed by atoms with Crippen LogP contribution in [-0.2, 0) is 16.1 Å². The molecule has 0 aliphatic carbocycles. The summed E-state index contributed by atoms with van der Waals surface area (Å²) in [5, 5.41) is 23.5. The third-order valence-electron chi connectivity index (χ3n) is 5.59. The molecule has 0 aliphatic heterocycles. The van der Waals surface area contributed by atoms with Gasteiger partial charge in [0.1, 0.15) is 5.82 Å². The standard InChI is InChI=1S/C26H37FN4O5S/c1-5-7-14-28-23(34)16-21(33)15-20(32)12-13-22-24(17(3)4)29-26(31(6-2)37(35)36)30-25(22)18-8-10-19(27)11-9-18/h8-13,17,20-21,32-33H,5-7,14-16H2,1-4H3,(H,28,34)(H,35,36)/p-1/t20-,21-/m1/s1. The number of nitrogens with one attached hydrogen (secondary N) is 1. The fourth-order valence-corrected chi connectivity index (χ4v) is 4.10. The van der Waals surface area contributed by atoms with Crippen molar-refractivity contribution in [2.24, 2.45) is 0 Å². The predicted octanol–water partition coefficient (Wildman–Crippen LogP) is 3.46. The Morgan fingerprint density at radius 3 is 2.46 bits per heavy atom. The molecule has 11 heteroatoms. The number of hydrogen-bond donors (Lipinski definition) is 3. The minimum Gasteiger partial charge on any atom is -0.755 e. The molecule has 2 rings (SSSR count). The summed E-state index contributed by atoms with van der Waals surface area (Å²) in [4.78, 5) is 20.9. The molecule has 1 aromatic heterocycles. The molecule has 0 bridgehead atoms. The fourth-order valence-electron chi connectivity index (χ4n) is 3.67. The van der Waals surface area contributed by atoms with Crippen molar-refractivity contribution >= 4 is 29.2 Å². The van der Waals surface area contributed by atoms with E-state index in [1.54, 1.807) is 13.0 Å². The molecular weight excluding hydrogens is 499 g/mol. The molecule has 0 saturated heterocycles. The van der Waals surface area contributed by atoms with Gasteiger partial charge in [-0.05, 0) is 43.5 Å². The van der Waals surface area contributed by atoms with E-state index in [1.807, 2.05) is 20.8 Å². The van der Waals surface area contributed by atoms with Crippen LogP contribution in [0.5, 0.6) is 0 Å². The molecular formula is C26H36FN4O5S-. The van der Waals surface area contributed by atoms with Crippen molar-refractivity contribution in [2.75, 3.05) is 17.4 Å². The summed E-state index contributed by atoms with van der Waals surface area (Å²) in [5.74, 6) is -0.869. The van der Waals surface area contributed by atoms with Gasteiger partial charge < -0.3 is 20.1 Å². The maximum atomic E-state index is 13.6. The Hall–Kier alpha value is -2.73. The van der Waals surface area contributed by atoms with Crippen LogP contribution in [0.25, 0.3) is 17.3 Å². The zero-order valence-electron chi connectivity index (χ0n) is 21.7. The highest BCUT2D eigenvalue weighted by atomic mass is 32.2. The van der Waals surface area contributed by atoms with Crippen molar-refractivity contribution in [1.82, 2.24) is 15.3 Å². The number of carbonyl (C=O) groups is 1. The number of aliphatic hydroxyl groups is 2. The zero-order valence-corrected chi connectivity index (χ0v) is 22.5. The Morgan fingerprint density at radius 2 is 1.89 bits per heavy atom. The molecule has 1 aromatic carbocycles. The van der Waals surface area contributed by atoms with E-state index in [-0.39, 0.29) is 37.2 Å². The number of rotatable bonds is 14. The molecule has 2 aromatic rings. The van der Waals surface area contributed by atoms with Gasteiger partial charge >= 0.3 is 0 Å². The summed E-state index contributed by atoms with van der Waals surface area (Å²) >= 11 is -2.60. The minimum absolute atomic E-state index is 0.0129. The number of anilines is 1. The van der Waals surface area contributed by atoms with Gasteiger partial charge in [-0.3, -0.25) is 13.3 Å². The first kappa shape index (κ1) is 30.5. The quantitative estimate of drug-likeness (QED) is 0.249. The van der Waals surface area contributed by atoms with Crippen LogP contribution in [0, 0.1) is 5.82 Å². The highest BCUT2D eigenvalue weighted by Crippen LogP contribution is 2.31. The van der Waals surface area contributed by atoms with Crippen LogP contribution in [0.1, 0.15) is 70.6 Å². The maximum absolute atomic E-state index is 13.6. The van der Waals surface area contributed by atoms with Crippen molar-refractivity contribution < 1.29 is 28.2 Å². The topological polar surface area (TPSA) is 139 Å². The van der Waals surface area contributed by atoms with Crippen LogP contribution in [0.15, 0.2) is 30.3 Å². The van der Waals surface area contributed by atoms with Crippen molar-refractivity contribution in [2.45, 2.75) is 71.5 Å². The van der Waals surface area contributed by atoms with Gasteiger partial charge in [-0.2, -0.15) is 0 Å². The number of halogens is 1. The molecule has 1 heterocycles. The fraction of sp³-hybridized carbons (Fsp3) is 0.500.